The topological polar surface area (TPSA) is 57.9 Å². The highest BCUT2D eigenvalue weighted by atomic mass is 16.5. The number of morpholine rings is 1. The van der Waals surface area contributed by atoms with E-state index in [0.29, 0.717) is 5.92 Å². The van der Waals surface area contributed by atoms with Gasteiger partial charge in [-0.15, -0.1) is 0 Å². The highest BCUT2D eigenvalue weighted by Gasteiger charge is 2.14. The fraction of sp³-hybridized carbons (Fsp3) is 0.545. The van der Waals surface area contributed by atoms with Crippen molar-refractivity contribution in [3.8, 4) is 5.69 Å². The smallest absolute Gasteiger partial charge is 0.193 e. The molecule has 0 radical (unpaired) electrons. The molecule has 1 atom stereocenters. The Morgan fingerprint density at radius 2 is 2.03 bits per heavy atom. The molecular weight excluding hydrogens is 364 g/mol. The summed E-state index contributed by atoms with van der Waals surface area (Å²) in [7, 11) is 2.08. The quantitative estimate of drug-likeness (QED) is 0.546. The van der Waals surface area contributed by atoms with Gasteiger partial charge in [-0.3, -0.25) is 9.89 Å². The first-order valence-electron chi connectivity index (χ1n) is 10.5. The maximum atomic E-state index is 5.44. The number of guanidine groups is 1. The number of hydrogen-bond donors (Lipinski definition) is 1. The van der Waals surface area contributed by atoms with E-state index in [1.807, 2.05) is 29.1 Å². The molecule has 2 aromatic rings. The van der Waals surface area contributed by atoms with Gasteiger partial charge in [0.1, 0.15) is 0 Å². The van der Waals surface area contributed by atoms with Crippen LogP contribution in [0.25, 0.3) is 5.69 Å². The van der Waals surface area contributed by atoms with Gasteiger partial charge < -0.3 is 15.0 Å². The van der Waals surface area contributed by atoms with Crippen LogP contribution in [0.1, 0.15) is 19.4 Å². The molecule has 3 rings (SSSR count). The van der Waals surface area contributed by atoms with Gasteiger partial charge in [0.05, 0.1) is 25.1 Å². The summed E-state index contributed by atoms with van der Waals surface area (Å²) in [5.74, 6) is 1.45. The lowest BCUT2D eigenvalue weighted by Crippen LogP contribution is -2.40. The summed E-state index contributed by atoms with van der Waals surface area (Å²) in [5.41, 5.74) is 2.22. The van der Waals surface area contributed by atoms with Gasteiger partial charge in [0.25, 0.3) is 0 Å². The van der Waals surface area contributed by atoms with Crippen LogP contribution in [0.3, 0.4) is 0 Å². The fourth-order valence-corrected chi connectivity index (χ4v) is 3.51. The highest BCUT2D eigenvalue weighted by Crippen LogP contribution is 2.10. The normalized spacial score (nSPS) is 16.6. The molecule has 7 heteroatoms. The minimum atomic E-state index is 0.510. The average Bonchev–Trinajstić information content (AvgIpc) is 3.21. The van der Waals surface area contributed by atoms with Crippen molar-refractivity contribution in [1.29, 1.82) is 0 Å². The Hall–Kier alpha value is -2.38. The molecule has 1 aliphatic rings. The molecule has 0 spiro atoms. The van der Waals surface area contributed by atoms with Crippen molar-refractivity contribution in [3.05, 3.63) is 48.3 Å². The summed E-state index contributed by atoms with van der Waals surface area (Å²) in [6.07, 6.45) is 4.00. The van der Waals surface area contributed by atoms with Crippen LogP contribution in [-0.2, 0) is 11.3 Å². The second-order valence-electron chi connectivity index (χ2n) is 7.70. The van der Waals surface area contributed by atoms with Crippen molar-refractivity contribution < 1.29 is 4.74 Å². The van der Waals surface area contributed by atoms with Crippen LogP contribution in [-0.4, -0.2) is 78.5 Å². The van der Waals surface area contributed by atoms with E-state index in [1.165, 1.54) is 0 Å². The Bertz CT molecular complexity index is 754. The Morgan fingerprint density at radius 1 is 1.28 bits per heavy atom. The summed E-state index contributed by atoms with van der Waals surface area (Å²) in [4.78, 5) is 9.52. The van der Waals surface area contributed by atoms with E-state index < -0.39 is 0 Å². The molecule has 1 saturated heterocycles. The van der Waals surface area contributed by atoms with Crippen molar-refractivity contribution in [2.24, 2.45) is 10.9 Å². The molecule has 1 N–H and O–H groups in total. The number of aromatic nitrogens is 2. The first kappa shape index (κ1) is 21.3. The number of aliphatic imine (C=N–C) groups is 1. The largest absolute Gasteiger partial charge is 0.379 e. The van der Waals surface area contributed by atoms with Gasteiger partial charge >= 0.3 is 0 Å². The van der Waals surface area contributed by atoms with E-state index in [9.17, 15) is 0 Å². The standard InChI is InChI=1S/C22H34N6O/c1-4-23-22(24-14-19(2)16-27-10-12-29-13-11-27)26(3)17-20-15-25-28(18-20)21-8-6-5-7-9-21/h5-9,15,18-19H,4,10-14,16-17H2,1-3H3,(H,23,24). The van der Waals surface area contributed by atoms with Gasteiger partial charge in [-0.2, -0.15) is 5.10 Å². The van der Waals surface area contributed by atoms with E-state index >= 15 is 0 Å². The van der Waals surface area contributed by atoms with Gasteiger partial charge in [-0.05, 0) is 25.0 Å². The van der Waals surface area contributed by atoms with Crippen LogP contribution in [0.15, 0.2) is 47.7 Å². The Morgan fingerprint density at radius 3 is 2.76 bits per heavy atom. The summed E-state index contributed by atoms with van der Waals surface area (Å²) >= 11 is 0. The molecule has 1 aromatic heterocycles. The molecule has 2 heterocycles. The average molecular weight is 399 g/mol. The molecule has 1 aromatic carbocycles. The van der Waals surface area contributed by atoms with E-state index in [4.69, 9.17) is 9.73 Å². The zero-order chi connectivity index (χ0) is 20.5. The molecule has 7 nitrogen and oxygen atoms in total. The Kier molecular flexibility index (Phi) is 8.07. The third-order valence-corrected chi connectivity index (χ3v) is 5.00. The fourth-order valence-electron chi connectivity index (χ4n) is 3.51. The van der Waals surface area contributed by atoms with Crippen LogP contribution < -0.4 is 5.32 Å². The molecule has 29 heavy (non-hydrogen) atoms. The van der Waals surface area contributed by atoms with Gasteiger partial charge in [-0.25, -0.2) is 4.68 Å². The molecule has 1 unspecified atom stereocenters. The predicted octanol–water partition coefficient (Wildman–Crippen LogP) is 2.24. The number of ether oxygens (including phenoxy) is 1. The van der Waals surface area contributed by atoms with Crippen LogP contribution in [0.5, 0.6) is 0 Å². The third kappa shape index (κ3) is 6.58. The van der Waals surface area contributed by atoms with Crippen molar-refractivity contribution in [3.63, 3.8) is 0 Å². The first-order chi connectivity index (χ1) is 14.2. The number of benzene rings is 1. The molecule has 1 aliphatic heterocycles. The molecular formula is C22H34N6O. The molecule has 0 aliphatic carbocycles. The summed E-state index contributed by atoms with van der Waals surface area (Å²) in [5, 5.41) is 7.91. The number of nitrogens with zero attached hydrogens (tertiary/aromatic N) is 5. The lowest BCUT2D eigenvalue weighted by molar-refractivity contribution is 0.0323. The minimum absolute atomic E-state index is 0.510. The van der Waals surface area contributed by atoms with Crippen molar-refractivity contribution >= 4 is 5.96 Å². The van der Waals surface area contributed by atoms with E-state index in [2.05, 4.69) is 59.4 Å². The predicted molar refractivity (Wildman–Crippen MR) is 117 cm³/mol. The van der Waals surface area contributed by atoms with Crippen molar-refractivity contribution in [2.75, 3.05) is 53.0 Å². The summed E-state index contributed by atoms with van der Waals surface area (Å²) < 4.78 is 7.35. The number of nitrogens with one attached hydrogen (secondary N) is 1. The molecule has 158 valence electrons. The highest BCUT2D eigenvalue weighted by molar-refractivity contribution is 5.79. The van der Waals surface area contributed by atoms with E-state index in [1.54, 1.807) is 0 Å². The van der Waals surface area contributed by atoms with Gasteiger partial charge in [-0.1, -0.05) is 25.1 Å². The van der Waals surface area contributed by atoms with Gasteiger partial charge in [0.15, 0.2) is 5.96 Å². The molecule has 1 fully saturated rings. The molecule has 0 amide bonds. The Balaban J connectivity index is 1.56. The van der Waals surface area contributed by atoms with Crippen LogP contribution in [0.4, 0.5) is 0 Å². The van der Waals surface area contributed by atoms with Crippen molar-refractivity contribution in [1.82, 2.24) is 24.9 Å². The zero-order valence-electron chi connectivity index (χ0n) is 17.9. The van der Waals surface area contributed by atoms with Crippen LogP contribution in [0.2, 0.25) is 0 Å². The second-order valence-corrected chi connectivity index (χ2v) is 7.70. The Labute approximate surface area is 174 Å². The maximum Gasteiger partial charge on any atom is 0.193 e. The van der Waals surface area contributed by atoms with Gasteiger partial charge in [0, 0.05) is 58.1 Å². The monoisotopic (exact) mass is 398 g/mol. The number of rotatable bonds is 8. The number of para-hydroxylation sites is 1. The summed E-state index contributed by atoms with van der Waals surface area (Å²) in [6.45, 7) is 11.6. The summed E-state index contributed by atoms with van der Waals surface area (Å²) in [6, 6.07) is 10.2. The SMILES string of the molecule is CCNC(=NCC(C)CN1CCOCC1)N(C)Cc1cnn(-c2ccccc2)c1. The van der Waals surface area contributed by atoms with Crippen LogP contribution in [0, 0.1) is 5.92 Å². The zero-order valence-corrected chi connectivity index (χ0v) is 17.9. The van der Waals surface area contributed by atoms with E-state index in [0.717, 1.165) is 69.7 Å². The minimum Gasteiger partial charge on any atom is -0.379 e. The first-order valence-corrected chi connectivity index (χ1v) is 10.5. The third-order valence-electron chi connectivity index (χ3n) is 5.00. The van der Waals surface area contributed by atoms with Crippen molar-refractivity contribution in [2.45, 2.75) is 20.4 Å². The van der Waals surface area contributed by atoms with Crippen LogP contribution >= 0.6 is 0 Å². The second kappa shape index (κ2) is 11.0. The molecule has 0 saturated carbocycles. The lowest BCUT2D eigenvalue weighted by Gasteiger charge is -2.29. The van der Waals surface area contributed by atoms with Gasteiger partial charge in [0.2, 0.25) is 0 Å². The lowest BCUT2D eigenvalue weighted by atomic mass is 10.1. The maximum absolute atomic E-state index is 5.44. The molecule has 0 bridgehead atoms. The number of hydrogen-bond acceptors (Lipinski definition) is 4. The van der Waals surface area contributed by atoms with E-state index in [-0.39, 0.29) is 0 Å².